The number of carboxylic acids is 2. The van der Waals surface area contributed by atoms with Gasteiger partial charge in [-0.15, -0.1) is 0 Å². The molecule has 0 bridgehead atoms. The van der Waals surface area contributed by atoms with Crippen LogP contribution in [0.15, 0.2) is 23.1 Å². The molecule has 0 saturated carbocycles. The van der Waals surface area contributed by atoms with Crippen molar-refractivity contribution in [3.8, 4) is 0 Å². The first-order valence-electron chi connectivity index (χ1n) is 3.77. The fourth-order valence-electron chi connectivity index (χ4n) is 0.984. The zero-order valence-corrected chi connectivity index (χ0v) is 15.1. The fraction of sp³-hybridized carbons (Fsp3) is 0. The molecule has 11 heteroatoms. The Morgan fingerprint density at radius 3 is 1.47 bits per heavy atom. The number of hydrogen-bond acceptors (Lipinski definition) is 7. The van der Waals surface area contributed by atoms with Gasteiger partial charge in [-0.05, 0) is 29.3 Å². The first-order chi connectivity index (χ1) is 7.21. The first-order valence-corrected chi connectivity index (χ1v) is 5.21. The molecule has 4 N–H and O–H groups in total. The SMILES string of the molecule is N.O=C([O-])c1cc(C(=O)[O-])cc(S(=O)(=O)O)c1.[Na+].[Na+]. The maximum atomic E-state index is 10.7. The molecule has 1 aromatic carbocycles. The van der Waals surface area contributed by atoms with Crippen LogP contribution in [-0.2, 0) is 10.1 Å². The third kappa shape index (κ3) is 6.84. The van der Waals surface area contributed by atoms with Gasteiger partial charge in [0.05, 0.1) is 16.8 Å². The second kappa shape index (κ2) is 9.06. The molecular formula is C8H7NNa2O7S. The van der Waals surface area contributed by atoms with Crippen molar-refractivity contribution in [1.29, 1.82) is 0 Å². The van der Waals surface area contributed by atoms with Gasteiger partial charge in [-0.2, -0.15) is 8.42 Å². The van der Waals surface area contributed by atoms with Crippen LogP contribution in [0.1, 0.15) is 20.7 Å². The van der Waals surface area contributed by atoms with E-state index < -0.39 is 38.1 Å². The van der Waals surface area contributed by atoms with E-state index in [2.05, 4.69) is 0 Å². The molecule has 0 aliphatic heterocycles. The normalized spacial score (nSPS) is 9.32. The number of carbonyl (C=O) groups is 2. The Kier molecular flexibility index (Phi) is 11.5. The minimum Gasteiger partial charge on any atom is -0.545 e. The minimum atomic E-state index is -4.70. The zero-order valence-electron chi connectivity index (χ0n) is 10.2. The van der Waals surface area contributed by atoms with Crippen molar-refractivity contribution in [2.75, 3.05) is 0 Å². The van der Waals surface area contributed by atoms with Gasteiger partial charge in [-0.1, -0.05) is 0 Å². The van der Waals surface area contributed by atoms with Gasteiger partial charge in [-0.25, -0.2) is 0 Å². The summed E-state index contributed by atoms with van der Waals surface area (Å²) in [6, 6.07) is 1.83. The van der Waals surface area contributed by atoms with Crippen LogP contribution in [0.25, 0.3) is 0 Å². The summed E-state index contributed by atoms with van der Waals surface area (Å²) in [4.78, 5) is 20.1. The molecule has 1 aromatic rings. The molecule has 0 heterocycles. The van der Waals surface area contributed by atoms with Crippen LogP contribution in [0.4, 0.5) is 0 Å². The van der Waals surface area contributed by atoms with E-state index in [9.17, 15) is 28.2 Å². The zero-order chi connectivity index (χ0) is 12.5. The predicted molar refractivity (Wildman–Crippen MR) is 49.9 cm³/mol. The van der Waals surface area contributed by atoms with Crippen LogP contribution >= 0.6 is 0 Å². The number of carbonyl (C=O) groups excluding carboxylic acids is 2. The maximum absolute atomic E-state index is 10.7. The van der Waals surface area contributed by atoms with E-state index in [0.29, 0.717) is 18.2 Å². The molecule has 0 aromatic heterocycles. The van der Waals surface area contributed by atoms with Crippen molar-refractivity contribution in [3.05, 3.63) is 29.3 Å². The van der Waals surface area contributed by atoms with E-state index in [1.165, 1.54) is 0 Å². The second-order valence-electron chi connectivity index (χ2n) is 2.80. The van der Waals surface area contributed by atoms with E-state index in [1.54, 1.807) is 0 Å². The Balaban J connectivity index is -0.000000853. The van der Waals surface area contributed by atoms with Crippen LogP contribution < -0.4 is 75.5 Å². The van der Waals surface area contributed by atoms with Crippen molar-refractivity contribution in [1.82, 2.24) is 6.15 Å². The smallest absolute Gasteiger partial charge is 0.545 e. The van der Waals surface area contributed by atoms with E-state index in [1.807, 2.05) is 0 Å². The summed E-state index contributed by atoms with van der Waals surface area (Å²) in [5.74, 6) is -3.54. The third-order valence-corrected chi connectivity index (χ3v) is 2.51. The maximum Gasteiger partial charge on any atom is 1.00 e. The van der Waals surface area contributed by atoms with E-state index in [4.69, 9.17) is 4.55 Å². The van der Waals surface area contributed by atoms with Crippen LogP contribution in [-0.4, -0.2) is 24.9 Å². The van der Waals surface area contributed by atoms with Crippen molar-refractivity contribution in [3.63, 3.8) is 0 Å². The summed E-state index contributed by atoms with van der Waals surface area (Å²) in [6.45, 7) is 0. The first kappa shape index (κ1) is 24.1. The predicted octanol–water partition coefficient (Wildman–Crippen LogP) is -8.17. The topological polar surface area (TPSA) is 170 Å². The van der Waals surface area contributed by atoms with Gasteiger partial charge >= 0.3 is 59.1 Å². The summed E-state index contributed by atoms with van der Waals surface area (Å²) in [7, 11) is -4.70. The van der Waals surface area contributed by atoms with Gasteiger partial charge in [0, 0.05) is 0 Å². The molecule has 19 heavy (non-hydrogen) atoms. The summed E-state index contributed by atoms with van der Waals surface area (Å²) in [5, 5.41) is 20.9. The molecule has 0 amide bonds. The molecule has 0 saturated heterocycles. The number of rotatable bonds is 3. The Bertz CT molecular complexity index is 540. The number of aromatic carboxylic acids is 2. The van der Waals surface area contributed by atoms with Gasteiger partial charge in [0.25, 0.3) is 10.1 Å². The van der Waals surface area contributed by atoms with Crippen molar-refractivity contribution >= 4 is 22.1 Å². The Morgan fingerprint density at radius 2 is 1.26 bits per heavy atom. The molecule has 94 valence electrons. The Hall–Kier alpha value is 0.0300. The minimum absolute atomic E-state index is 0. The van der Waals surface area contributed by atoms with Gasteiger partial charge < -0.3 is 26.0 Å². The molecular weight excluding hydrogens is 300 g/mol. The molecule has 0 aliphatic carbocycles. The molecule has 8 nitrogen and oxygen atoms in total. The fourth-order valence-corrected chi connectivity index (χ4v) is 1.54. The average Bonchev–Trinajstić information content (AvgIpc) is 2.15. The van der Waals surface area contributed by atoms with Crippen LogP contribution in [0.3, 0.4) is 0 Å². The van der Waals surface area contributed by atoms with Crippen LogP contribution in [0.2, 0.25) is 0 Å². The Morgan fingerprint density at radius 1 is 0.947 bits per heavy atom. The van der Waals surface area contributed by atoms with Crippen molar-refractivity contribution < 1.29 is 91.9 Å². The second-order valence-corrected chi connectivity index (χ2v) is 4.22. The monoisotopic (exact) mass is 307 g/mol. The molecule has 0 spiro atoms. The van der Waals surface area contributed by atoms with Gasteiger partial charge in [0.2, 0.25) is 0 Å². The standard InChI is InChI=1S/C8H6O7S.H3N.2Na/c9-7(10)4-1-5(8(11)12)3-6(2-4)16(13,14)15;;;/h1-3H,(H,9,10)(H,11,12)(H,13,14,15);1H3;;/q;;2*+1/p-2. The molecule has 1 rings (SSSR count). The Labute approximate surface area is 153 Å². The van der Waals surface area contributed by atoms with Crippen LogP contribution in [0.5, 0.6) is 0 Å². The van der Waals surface area contributed by atoms with Gasteiger partial charge in [-0.3, -0.25) is 4.55 Å². The number of benzene rings is 1. The molecule has 0 radical (unpaired) electrons. The van der Waals surface area contributed by atoms with E-state index in [-0.39, 0.29) is 65.3 Å². The van der Waals surface area contributed by atoms with Crippen LogP contribution in [0, 0.1) is 0 Å². The average molecular weight is 307 g/mol. The van der Waals surface area contributed by atoms with Gasteiger partial charge in [0.15, 0.2) is 0 Å². The molecule has 0 aliphatic rings. The quantitative estimate of drug-likeness (QED) is 0.409. The largest absolute Gasteiger partial charge is 1.00 e. The summed E-state index contributed by atoms with van der Waals surface area (Å²) in [6.07, 6.45) is 0. The summed E-state index contributed by atoms with van der Waals surface area (Å²) >= 11 is 0. The van der Waals surface area contributed by atoms with E-state index >= 15 is 0 Å². The summed E-state index contributed by atoms with van der Waals surface area (Å²) < 4.78 is 30.1. The molecule has 0 atom stereocenters. The van der Waals surface area contributed by atoms with Crippen molar-refractivity contribution in [2.24, 2.45) is 0 Å². The van der Waals surface area contributed by atoms with Crippen molar-refractivity contribution in [2.45, 2.75) is 4.90 Å². The number of carboxylic acid groups (broad SMARTS) is 2. The van der Waals surface area contributed by atoms with Gasteiger partial charge in [0.1, 0.15) is 0 Å². The number of hydrogen-bond donors (Lipinski definition) is 2. The summed E-state index contributed by atoms with van der Waals surface area (Å²) in [5.41, 5.74) is -1.37. The van der Waals surface area contributed by atoms with E-state index in [0.717, 1.165) is 0 Å². The molecule has 0 fully saturated rings. The molecule has 0 unspecified atom stereocenters. The third-order valence-electron chi connectivity index (χ3n) is 1.68.